The third kappa shape index (κ3) is 2.55. The first-order chi connectivity index (χ1) is 7.77. The number of nitrogen functional groups attached to an aromatic ring is 1. The van der Waals surface area contributed by atoms with Gasteiger partial charge in [0.2, 0.25) is 0 Å². The summed E-state index contributed by atoms with van der Waals surface area (Å²) in [5.74, 6) is 0. The van der Waals surface area contributed by atoms with Gasteiger partial charge in [-0.25, -0.2) is 0 Å². The molecule has 0 amide bonds. The Bertz CT molecular complexity index is 449. The molecule has 2 nitrogen and oxygen atoms in total. The van der Waals surface area contributed by atoms with Gasteiger partial charge in [0.05, 0.1) is 0 Å². The van der Waals surface area contributed by atoms with Gasteiger partial charge in [0.25, 0.3) is 0 Å². The van der Waals surface area contributed by atoms with E-state index in [2.05, 4.69) is 28.2 Å². The highest BCUT2D eigenvalue weighted by molar-refractivity contribution is 7.07. The van der Waals surface area contributed by atoms with Gasteiger partial charge in [-0.2, -0.15) is 11.3 Å². The molecule has 1 heterocycles. The third-order valence-corrected chi connectivity index (χ3v) is 3.42. The quantitative estimate of drug-likeness (QED) is 0.794. The number of nitrogens with one attached hydrogen (secondary N) is 1. The molecular formula is C13H16N2S. The molecule has 0 unspecified atom stereocenters. The minimum absolute atomic E-state index is 0.848. The Labute approximate surface area is 100 Å². The highest BCUT2D eigenvalue weighted by Gasteiger charge is 2.00. The number of thiophene rings is 1. The van der Waals surface area contributed by atoms with E-state index < -0.39 is 0 Å². The molecule has 0 saturated carbocycles. The van der Waals surface area contributed by atoms with E-state index in [9.17, 15) is 0 Å². The minimum Gasteiger partial charge on any atom is -0.398 e. The Kier molecular flexibility index (Phi) is 3.47. The lowest BCUT2D eigenvalue weighted by Crippen LogP contribution is -2.06. The van der Waals surface area contributed by atoms with Gasteiger partial charge >= 0.3 is 0 Å². The van der Waals surface area contributed by atoms with E-state index in [1.807, 2.05) is 19.1 Å². The van der Waals surface area contributed by atoms with Crippen molar-refractivity contribution in [2.75, 3.05) is 17.6 Å². The lowest BCUT2D eigenvalue weighted by atomic mass is 10.1. The van der Waals surface area contributed by atoms with Crippen LogP contribution in [0.5, 0.6) is 0 Å². The van der Waals surface area contributed by atoms with Gasteiger partial charge in [-0.05, 0) is 53.4 Å². The summed E-state index contributed by atoms with van der Waals surface area (Å²) in [5.41, 5.74) is 10.4. The number of hydrogen-bond donors (Lipinski definition) is 2. The summed E-state index contributed by atoms with van der Waals surface area (Å²) in [6.45, 7) is 2.99. The molecule has 0 spiro atoms. The Morgan fingerprint density at radius 1 is 1.31 bits per heavy atom. The maximum Gasteiger partial charge on any atom is 0.0390 e. The molecule has 0 fully saturated rings. The second kappa shape index (κ2) is 5.03. The van der Waals surface area contributed by atoms with Crippen LogP contribution in [0.3, 0.4) is 0 Å². The molecule has 1 aromatic carbocycles. The molecule has 2 aromatic rings. The first-order valence-electron chi connectivity index (χ1n) is 5.37. The van der Waals surface area contributed by atoms with Crippen LogP contribution in [-0.2, 0) is 6.42 Å². The van der Waals surface area contributed by atoms with E-state index in [4.69, 9.17) is 5.73 Å². The zero-order chi connectivity index (χ0) is 11.4. The normalized spacial score (nSPS) is 10.3. The first-order valence-corrected chi connectivity index (χ1v) is 6.31. The highest BCUT2D eigenvalue weighted by atomic mass is 32.1. The number of anilines is 2. The van der Waals surface area contributed by atoms with Crippen LogP contribution in [0, 0.1) is 6.92 Å². The number of rotatable bonds is 4. The minimum atomic E-state index is 0.848. The van der Waals surface area contributed by atoms with Gasteiger partial charge < -0.3 is 11.1 Å². The SMILES string of the molecule is Cc1c(N)cccc1NCCc1ccsc1. The molecule has 3 heteroatoms. The van der Waals surface area contributed by atoms with Crippen LogP contribution >= 0.6 is 11.3 Å². The summed E-state index contributed by atoms with van der Waals surface area (Å²) in [6, 6.07) is 8.15. The Morgan fingerprint density at radius 2 is 2.19 bits per heavy atom. The van der Waals surface area contributed by atoms with Gasteiger partial charge in [-0.3, -0.25) is 0 Å². The molecule has 2 rings (SSSR count). The average Bonchev–Trinajstić information content (AvgIpc) is 2.77. The van der Waals surface area contributed by atoms with Crippen LogP contribution in [-0.4, -0.2) is 6.54 Å². The fraction of sp³-hybridized carbons (Fsp3) is 0.231. The van der Waals surface area contributed by atoms with Gasteiger partial charge in [-0.15, -0.1) is 0 Å². The zero-order valence-corrected chi connectivity index (χ0v) is 10.2. The standard InChI is InChI=1S/C13H16N2S/c1-10-12(14)3-2-4-13(10)15-7-5-11-6-8-16-9-11/h2-4,6,8-9,15H,5,7,14H2,1H3. The second-order valence-corrected chi connectivity index (χ2v) is 4.61. The van der Waals surface area contributed by atoms with E-state index in [1.165, 1.54) is 5.56 Å². The predicted octanol–water partition coefficient (Wildman–Crippen LogP) is 3.29. The molecule has 0 aliphatic carbocycles. The smallest absolute Gasteiger partial charge is 0.0390 e. The van der Waals surface area contributed by atoms with E-state index in [0.29, 0.717) is 0 Å². The van der Waals surface area contributed by atoms with Gasteiger partial charge in [0.15, 0.2) is 0 Å². The monoisotopic (exact) mass is 232 g/mol. The van der Waals surface area contributed by atoms with E-state index >= 15 is 0 Å². The Morgan fingerprint density at radius 3 is 2.94 bits per heavy atom. The fourth-order valence-corrected chi connectivity index (χ4v) is 2.32. The van der Waals surface area contributed by atoms with Crippen molar-refractivity contribution in [1.82, 2.24) is 0 Å². The van der Waals surface area contributed by atoms with Gasteiger partial charge in [-0.1, -0.05) is 6.07 Å². The van der Waals surface area contributed by atoms with E-state index in [-0.39, 0.29) is 0 Å². The van der Waals surface area contributed by atoms with Crippen molar-refractivity contribution in [1.29, 1.82) is 0 Å². The largest absolute Gasteiger partial charge is 0.398 e. The molecule has 84 valence electrons. The van der Waals surface area contributed by atoms with Gasteiger partial charge in [0, 0.05) is 17.9 Å². The third-order valence-electron chi connectivity index (χ3n) is 2.68. The molecule has 0 saturated heterocycles. The number of hydrogen-bond acceptors (Lipinski definition) is 3. The Hall–Kier alpha value is -1.48. The van der Waals surface area contributed by atoms with Crippen LogP contribution < -0.4 is 11.1 Å². The summed E-state index contributed by atoms with van der Waals surface area (Å²) >= 11 is 1.74. The predicted molar refractivity (Wildman–Crippen MR) is 72.1 cm³/mol. The summed E-state index contributed by atoms with van der Waals surface area (Å²) < 4.78 is 0. The lowest BCUT2D eigenvalue weighted by Gasteiger charge is -2.10. The van der Waals surface area contributed by atoms with E-state index in [1.54, 1.807) is 11.3 Å². The number of nitrogens with two attached hydrogens (primary N) is 1. The molecule has 16 heavy (non-hydrogen) atoms. The van der Waals surface area contributed by atoms with Crippen LogP contribution in [0.2, 0.25) is 0 Å². The summed E-state index contributed by atoms with van der Waals surface area (Å²) in [6.07, 6.45) is 1.05. The lowest BCUT2D eigenvalue weighted by molar-refractivity contribution is 1.02. The average molecular weight is 232 g/mol. The van der Waals surface area contributed by atoms with Crippen molar-refractivity contribution >= 4 is 22.7 Å². The first kappa shape index (κ1) is 11.0. The van der Waals surface area contributed by atoms with Crippen LogP contribution in [0.1, 0.15) is 11.1 Å². The van der Waals surface area contributed by atoms with Crippen molar-refractivity contribution in [3.05, 3.63) is 46.2 Å². The van der Waals surface area contributed by atoms with Crippen LogP contribution in [0.25, 0.3) is 0 Å². The molecular weight excluding hydrogens is 216 g/mol. The van der Waals surface area contributed by atoms with Crippen LogP contribution in [0.4, 0.5) is 11.4 Å². The summed E-state index contributed by atoms with van der Waals surface area (Å²) in [7, 11) is 0. The molecule has 0 aliphatic heterocycles. The molecule has 0 radical (unpaired) electrons. The molecule has 0 aliphatic rings. The molecule has 1 aromatic heterocycles. The fourth-order valence-electron chi connectivity index (χ4n) is 1.62. The van der Waals surface area contributed by atoms with Crippen LogP contribution in [0.15, 0.2) is 35.0 Å². The van der Waals surface area contributed by atoms with E-state index in [0.717, 1.165) is 29.9 Å². The van der Waals surface area contributed by atoms with Crippen molar-refractivity contribution in [2.45, 2.75) is 13.3 Å². The molecule has 3 N–H and O–H groups in total. The zero-order valence-electron chi connectivity index (χ0n) is 9.36. The number of benzene rings is 1. The topological polar surface area (TPSA) is 38.0 Å². The van der Waals surface area contributed by atoms with Crippen molar-refractivity contribution in [3.8, 4) is 0 Å². The van der Waals surface area contributed by atoms with Crippen molar-refractivity contribution in [2.24, 2.45) is 0 Å². The van der Waals surface area contributed by atoms with Crippen molar-refractivity contribution in [3.63, 3.8) is 0 Å². The molecule has 0 atom stereocenters. The molecule has 0 bridgehead atoms. The second-order valence-electron chi connectivity index (χ2n) is 3.83. The van der Waals surface area contributed by atoms with Crippen molar-refractivity contribution < 1.29 is 0 Å². The van der Waals surface area contributed by atoms with Gasteiger partial charge in [0.1, 0.15) is 0 Å². The summed E-state index contributed by atoms with van der Waals surface area (Å²) in [4.78, 5) is 0. The maximum absolute atomic E-state index is 5.85. The highest BCUT2D eigenvalue weighted by Crippen LogP contribution is 2.20. The maximum atomic E-state index is 5.85. The Balaban J connectivity index is 1.92. The summed E-state index contributed by atoms with van der Waals surface area (Å²) in [5, 5.41) is 7.72.